The third-order valence-corrected chi connectivity index (χ3v) is 5.43. The average Bonchev–Trinajstić information content (AvgIpc) is 2.63. The van der Waals surface area contributed by atoms with Crippen molar-refractivity contribution in [2.75, 3.05) is 12.4 Å². The fraction of sp³-hybridized carbons (Fsp3) is 0.158. The lowest BCUT2D eigenvalue weighted by Crippen LogP contribution is -2.10. The molecule has 2 N–H and O–H groups in total. The predicted molar refractivity (Wildman–Crippen MR) is 112 cm³/mol. The quantitative estimate of drug-likeness (QED) is 0.457. The maximum atomic E-state index is 12.0. The largest absolute Gasteiger partial charge is 0.495 e. The number of nitrogens with one attached hydrogen (secondary N) is 1. The minimum atomic E-state index is -1.06. The summed E-state index contributed by atoms with van der Waals surface area (Å²) < 4.78 is 6.03. The zero-order valence-electron chi connectivity index (χ0n) is 14.4. The van der Waals surface area contributed by atoms with Crippen LogP contribution in [0.1, 0.15) is 23.0 Å². The van der Waals surface area contributed by atoms with Crippen LogP contribution in [0.15, 0.2) is 34.8 Å². The molecule has 0 saturated heterocycles. The Bertz CT molecular complexity index is 1060. The molecule has 5 nitrogen and oxygen atoms in total. The predicted octanol–water partition coefficient (Wildman–Crippen LogP) is 6.32. The third-order valence-electron chi connectivity index (χ3n) is 4.07. The van der Waals surface area contributed by atoms with E-state index in [9.17, 15) is 9.90 Å². The third kappa shape index (κ3) is 3.83. The number of aromatic nitrogens is 1. The highest BCUT2D eigenvalue weighted by molar-refractivity contribution is 9.10. The molecule has 0 unspecified atom stereocenters. The number of anilines is 2. The van der Waals surface area contributed by atoms with Crippen LogP contribution in [0.3, 0.4) is 0 Å². The number of carbonyl (C=O) groups is 1. The molecule has 0 aliphatic rings. The second-order valence-electron chi connectivity index (χ2n) is 5.72. The molecule has 8 heteroatoms. The van der Waals surface area contributed by atoms with E-state index in [1.807, 2.05) is 6.92 Å². The normalized spacial score (nSPS) is 10.9. The molecular formula is C19H15BrCl2N2O3. The van der Waals surface area contributed by atoms with Crippen LogP contribution in [0.5, 0.6) is 5.75 Å². The number of nitrogens with zero attached hydrogens (tertiary/aromatic N) is 1. The first-order valence-corrected chi connectivity index (χ1v) is 9.56. The van der Waals surface area contributed by atoms with Crippen molar-refractivity contribution in [1.29, 1.82) is 0 Å². The molecule has 0 radical (unpaired) electrons. The van der Waals surface area contributed by atoms with Gasteiger partial charge in [0.25, 0.3) is 0 Å². The highest BCUT2D eigenvalue weighted by atomic mass is 79.9. The Morgan fingerprint density at radius 2 is 2.00 bits per heavy atom. The van der Waals surface area contributed by atoms with E-state index >= 15 is 0 Å². The SMILES string of the molecule is CCc1nc2cc(OC)c(Br)cc2c(Nc2ccc(Cl)c(Cl)c2)c1C(=O)O. The molecule has 0 amide bonds. The molecule has 0 fully saturated rings. The van der Waals surface area contributed by atoms with E-state index in [4.69, 9.17) is 27.9 Å². The lowest BCUT2D eigenvalue weighted by atomic mass is 10.0. The second kappa shape index (κ2) is 7.92. The van der Waals surface area contributed by atoms with Crippen LogP contribution in [0.25, 0.3) is 10.9 Å². The summed E-state index contributed by atoms with van der Waals surface area (Å²) in [5, 5.41) is 14.4. The molecule has 1 heterocycles. The van der Waals surface area contributed by atoms with E-state index in [1.54, 1.807) is 37.4 Å². The van der Waals surface area contributed by atoms with Gasteiger partial charge in [0.2, 0.25) is 0 Å². The van der Waals surface area contributed by atoms with E-state index < -0.39 is 5.97 Å². The van der Waals surface area contributed by atoms with Crippen LogP contribution in [0.4, 0.5) is 11.4 Å². The summed E-state index contributed by atoms with van der Waals surface area (Å²) in [6.07, 6.45) is 0.464. The van der Waals surface area contributed by atoms with Crippen molar-refractivity contribution in [1.82, 2.24) is 4.98 Å². The number of rotatable bonds is 5. The van der Waals surface area contributed by atoms with Gasteiger partial charge in [-0.15, -0.1) is 0 Å². The number of hydrogen-bond acceptors (Lipinski definition) is 4. The van der Waals surface area contributed by atoms with E-state index in [0.717, 1.165) is 0 Å². The average molecular weight is 470 g/mol. The standard InChI is InChI=1S/C19H15BrCl2N2O3/c1-3-14-17(19(25)26)18(23-9-4-5-12(21)13(22)6-9)10-7-11(20)16(27-2)8-15(10)24-14/h4-8H,3H2,1-2H3,(H,23,24)(H,25,26). The van der Waals surface area contributed by atoms with E-state index in [2.05, 4.69) is 26.2 Å². The first-order chi connectivity index (χ1) is 12.8. The van der Waals surface area contributed by atoms with Gasteiger partial charge in [-0.1, -0.05) is 30.1 Å². The van der Waals surface area contributed by atoms with Crippen molar-refractivity contribution in [2.45, 2.75) is 13.3 Å². The highest BCUT2D eigenvalue weighted by Crippen LogP contribution is 2.38. The number of pyridine rings is 1. The lowest BCUT2D eigenvalue weighted by molar-refractivity contribution is 0.0696. The topological polar surface area (TPSA) is 71.5 Å². The van der Waals surface area contributed by atoms with Crippen molar-refractivity contribution in [3.8, 4) is 5.75 Å². The highest BCUT2D eigenvalue weighted by Gasteiger charge is 2.21. The molecule has 3 rings (SSSR count). The summed E-state index contributed by atoms with van der Waals surface area (Å²) in [5.41, 5.74) is 2.27. The van der Waals surface area contributed by atoms with Crippen molar-refractivity contribution in [2.24, 2.45) is 0 Å². The molecule has 0 saturated carbocycles. The van der Waals surface area contributed by atoms with Gasteiger partial charge in [-0.2, -0.15) is 0 Å². The number of methoxy groups -OCH3 is 1. The summed E-state index contributed by atoms with van der Waals surface area (Å²) in [6.45, 7) is 1.86. The van der Waals surface area contributed by atoms with Crippen LogP contribution in [-0.2, 0) is 6.42 Å². The van der Waals surface area contributed by atoms with Crippen molar-refractivity contribution < 1.29 is 14.6 Å². The minimum Gasteiger partial charge on any atom is -0.495 e. The van der Waals surface area contributed by atoms with Crippen LogP contribution in [0, 0.1) is 0 Å². The monoisotopic (exact) mass is 468 g/mol. The molecule has 0 atom stereocenters. The van der Waals surface area contributed by atoms with Gasteiger partial charge in [0, 0.05) is 17.1 Å². The van der Waals surface area contributed by atoms with Gasteiger partial charge in [-0.3, -0.25) is 4.98 Å². The first kappa shape index (κ1) is 19.7. The number of carboxylic acids is 1. The van der Waals surface area contributed by atoms with E-state index in [0.29, 0.717) is 54.7 Å². The molecule has 2 aromatic carbocycles. The van der Waals surface area contributed by atoms with E-state index in [-0.39, 0.29) is 5.56 Å². The Hall–Kier alpha value is -2.02. The smallest absolute Gasteiger partial charge is 0.339 e. The Kier molecular flexibility index (Phi) is 5.79. The fourth-order valence-electron chi connectivity index (χ4n) is 2.81. The van der Waals surface area contributed by atoms with Crippen molar-refractivity contribution in [3.05, 3.63) is 56.1 Å². The first-order valence-electron chi connectivity index (χ1n) is 8.01. The molecule has 0 spiro atoms. The molecule has 1 aromatic heterocycles. The van der Waals surface area contributed by atoms with Gasteiger partial charge in [0.1, 0.15) is 11.3 Å². The van der Waals surface area contributed by atoms with Crippen molar-refractivity contribution >= 4 is 67.4 Å². The summed E-state index contributed by atoms with van der Waals surface area (Å²) >= 11 is 15.5. The Labute approximate surface area is 174 Å². The number of aromatic carboxylic acids is 1. The maximum Gasteiger partial charge on any atom is 0.339 e. The Morgan fingerprint density at radius 1 is 1.26 bits per heavy atom. The fourth-order valence-corrected chi connectivity index (χ4v) is 3.61. The molecule has 140 valence electrons. The summed E-state index contributed by atoms with van der Waals surface area (Å²) in [5.74, 6) is -0.448. The number of ether oxygens (including phenoxy) is 1. The van der Waals surface area contributed by atoms with Gasteiger partial charge >= 0.3 is 5.97 Å². The van der Waals surface area contributed by atoms with Crippen LogP contribution in [-0.4, -0.2) is 23.2 Å². The van der Waals surface area contributed by atoms with Crippen LogP contribution >= 0.6 is 39.1 Å². The number of hydrogen-bond donors (Lipinski definition) is 2. The number of aryl methyl sites for hydroxylation is 1. The lowest BCUT2D eigenvalue weighted by Gasteiger charge is -2.17. The second-order valence-corrected chi connectivity index (χ2v) is 7.39. The van der Waals surface area contributed by atoms with Crippen LogP contribution in [0.2, 0.25) is 10.0 Å². The molecule has 3 aromatic rings. The van der Waals surface area contributed by atoms with Crippen LogP contribution < -0.4 is 10.1 Å². The number of fused-ring (bicyclic) bond motifs is 1. The molecule has 27 heavy (non-hydrogen) atoms. The molecule has 0 aliphatic carbocycles. The van der Waals surface area contributed by atoms with Gasteiger partial charge in [-0.25, -0.2) is 4.79 Å². The molecular weight excluding hydrogens is 455 g/mol. The zero-order valence-corrected chi connectivity index (χ0v) is 17.5. The van der Waals surface area contributed by atoms with E-state index in [1.165, 1.54) is 0 Å². The Balaban J connectivity index is 2.31. The zero-order chi connectivity index (χ0) is 19.7. The Morgan fingerprint density at radius 3 is 2.59 bits per heavy atom. The summed E-state index contributed by atoms with van der Waals surface area (Å²) in [7, 11) is 1.56. The van der Waals surface area contributed by atoms with Gasteiger partial charge in [0.05, 0.1) is 38.5 Å². The number of benzene rings is 2. The number of carboxylic acid groups (broad SMARTS) is 1. The maximum absolute atomic E-state index is 12.0. The molecule has 0 bridgehead atoms. The number of halogens is 3. The van der Waals surface area contributed by atoms with Crippen molar-refractivity contribution in [3.63, 3.8) is 0 Å². The molecule has 0 aliphatic heterocycles. The van der Waals surface area contributed by atoms with Gasteiger partial charge in [0.15, 0.2) is 0 Å². The van der Waals surface area contributed by atoms with Gasteiger partial charge < -0.3 is 15.2 Å². The summed E-state index contributed by atoms with van der Waals surface area (Å²) in [4.78, 5) is 16.5. The van der Waals surface area contributed by atoms with Gasteiger partial charge in [-0.05, 0) is 46.6 Å². The summed E-state index contributed by atoms with van der Waals surface area (Å²) in [6, 6.07) is 8.58. The minimum absolute atomic E-state index is 0.119.